The van der Waals surface area contributed by atoms with E-state index < -0.39 is 23.7 Å². The molecule has 0 radical (unpaired) electrons. The Balaban J connectivity index is 1.23. The Hall–Kier alpha value is -4.55. The lowest BCUT2D eigenvalue weighted by molar-refractivity contribution is -0.137. The Labute approximate surface area is 312 Å². The quantitative estimate of drug-likeness (QED) is 0.179. The maximum Gasteiger partial charge on any atom is 0.416 e. The number of hydrogen-bond acceptors (Lipinski definition) is 6. The van der Waals surface area contributed by atoms with Gasteiger partial charge in [0.15, 0.2) is 0 Å². The summed E-state index contributed by atoms with van der Waals surface area (Å²) < 4.78 is 52.5. The summed E-state index contributed by atoms with van der Waals surface area (Å²) in [4.78, 5) is 42.6. The smallest absolute Gasteiger partial charge is 0.416 e. The van der Waals surface area contributed by atoms with Crippen LogP contribution in [0, 0.1) is 13.8 Å². The second-order valence-corrected chi connectivity index (χ2v) is 14.5. The fourth-order valence-electron chi connectivity index (χ4n) is 7.02. The highest BCUT2D eigenvalue weighted by molar-refractivity contribution is 6.32. The molecule has 6 rings (SSSR count). The first-order valence-electron chi connectivity index (χ1n) is 17.9. The van der Waals surface area contributed by atoms with E-state index in [1.165, 1.54) is 6.07 Å². The molecule has 3 N–H and O–H groups in total. The van der Waals surface area contributed by atoms with E-state index in [1.54, 1.807) is 15.9 Å². The van der Waals surface area contributed by atoms with Gasteiger partial charge in [0, 0.05) is 50.1 Å². The Morgan fingerprint density at radius 3 is 2.38 bits per heavy atom. The van der Waals surface area contributed by atoms with Crippen LogP contribution in [-0.2, 0) is 27.1 Å². The van der Waals surface area contributed by atoms with Gasteiger partial charge in [0.2, 0.25) is 11.8 Å². The van der Waals surface area contributed by atoms with Crippen molar-refractivity contribution in [2.75, 3.05) is 26.3 Å². The van der Waals surface area contributed by atoms with E-state index in [-0.39, 0.29) is 63.0 Å². The number of halogens is 4. The molecule has 2 atom stereocenters. The molecule has 3 aromatic rings. The molecule has 0 aromatic heterocycles. The van der Waals surface area contributed by atoms with Gasteiger partial charge in [-0.3, -0.25) is 14.4 Å². The summed E-state index contributed by atoms with van der Waals surface area (Å²) >= 11 is 6.34. The molecule has 1 saturated heterocycles. The number of primary amides is 1. The lowest BCUT2D eigenvalue weighted by atomic mass is 9.82. The number of carbonyl (C=O) groups is 3. The summed E-state index contributed by atoms with van der Waals surface area (Å²) in [5.74, 6) is 0.354. The molecule has 3 aromatic carbocycles. The number of nitrogens with zero attached hydrogens (tertiary/aromatic N) is 2. The summed E-state index contributed by atoms with van der Waals surface area (Å²) in [6.07, 6.45) is -1.93. The van der Waals surface area contributed by atoms with Crippen molar-refractivity contribution in [3.05, 3.63) is 99.1 Å². The Morgan fingerprint density at radius 2 is 1.68 bits per heavy atom. The van der Waals surface area contributed by atoms with Crippen LogP contribution >= 0.6 is 11.6 Å². The van der Waals surface area contributed by atoms with Gasteiger partial charge in [0.25, 0.3) is 5.91 Å². The summed E-state index contributed by atoms with van der Waals surface area (Å²) in [5.41, 5.74) is 9.22. The highest BCUT2D eigenvalue weighted by Gasteiger charge is 2.43. The largest absolute Gasteiger partial charge is 0.490 e. The van der Waals surface area contributed by atoms with Gasteiger partial charge in [0.05, 0.1) is 16.6 Å². The number of rotatable bonds is 14. The van der Waals surface area contributed by atoms with Gasteiger partial charge in [-0.05, 0) is 104 Å². The predicted octanol–water partition coefficient (Wildman–Crippen LogP) is 6.61. The first kappa shape index (κ1) is 38.2. The van der Waals surface area contributed by atoms with E-state index >= 15 is 0 Å². The molecular formula is C40H44ClF3N4O5. The van der Waals surface area contributed by atoms with Crippen molar-refractivity contribution in [3.8, 4) is 11.5 Å². The maximum atomic E-state index is 14.7. The third-order valence-electron chi connectivity index (χ3n) is 10.0. The molecule has 2 aliphatic heterocycles. The Morgan fingerprint density at radius 1 is 0.962 bits per heavy atom. The number of aryl methyl sites for hydroxylation is 2. The molecule has 2 unspecified atom stereocenters. The minimum atomic E-state index is -4.51. The van der Waals surface area contributed by atoms with E-state index in [4.69, 9.17) is 26.8 Å². The zero-order valence-corrected chi connectivity index (χ0v) is 30.6. The third-order valence-corrected chi connectivity index (χ3v) is 10.3. The monoisotopic (exact) mass is 752 g/mol. The molecule has 3 aliphatic rings. The zero-order valence-electron chi connectivity index (χ0n) is 29.8. The molecule has 3 amide bonds. The molecule has 53 heavy (non-hydrogen) atoms. The standard InChI is InChI=1S/C40H44ClF3N4O5/c1-24-17-33(41)35(18-25(24)2)53-16-15-52-31-13-9-27(10-14-31)32-20-29-22-47(37(50)8-4-7-36(45)49)23-34(46-29)38(32)39(51)48(30-11-12-30)21-26-5-3-6-28(19-26)40(42,43)44/h3,5-6,9-10,13-14,17-19,29-30,34,46H,4,7-8,11-12,15-16,20-23H2,1-2H3,(H2,45,49). The molecular weight excluding hydrogens is 709 g/mol. The molecule has 282 valence electrons. The third kappa shape index (κ3) is 9.52. The molecule has 1 saturated carbocycles. The average Bonchev–Trinajstić information content (AvgIpc) is 3.96. The summed E-state index contributed by atoms with van der Waals surface area (Å²) in [5, 5.41) is 4.08. The molecule has 2 fully saturated rings. The number of amides is 3. The summed E-state index contributed by atoms with van der Waals surface area (Å²) in [7, 11) is 0. The fourth-order valence-corrected chi connectivity index (χ4v) is 7.29. The van der Waals surface area contributed by atoms with Crippen molar-refractivity contribution in [3.63, 3.8) is 0 Å². The van der Waals surface area contributed by atoms with Gasteiger partial charge in [0.1, 0.15) is 24.7 Å². The van der Waals surface area contributed by atoms with Crippen LogP contribution in [0.5, 0.6) is 11.5 Å². The molecule has 2 bridgehead atoms. The number of nitrogens with two attached hydrogens (primary N) is 1. The summed E-state index contributed by atoms with van der Waals surface area (Å²) in [6.45, 7) is 5.23. The Kier molecular flexibility index (Phi) is 11.7. The lowest BCUT2D eigenvalue weighted by Gasteiger charge is -2.45. The van der Waals surface area contributed by atoms with Crippen LogP contribution in [-0.4, -0.2) is 72.0 Å². The van der Waals surface area contributed by atoms with Crippen LogP contribution in [0.25, 0.3) is 5.57 Å². The minimum absolute atomic E-state index is 0.0261. The molecule has 1 aliphatic carbocycles. The number of alkyl halides is 3. The van der Waals surface area contributed by atoms with Gasteiger partial charge in [-0.2, -0.15) is 13.2 Å². The van der Waals surface area contributed by atoms with Crippen molar-refractivity contribution in [1.82, 2.24) is 15.1 Å². The van der Waals surface area contributed by atoms with Crippen molar-refractivity contribution < 1.29 is 37.0 Å². The topological polar surface area (TPSA) is 114 Å². The van der Waals surface area contributed by atoms with Gasteiger partial charge in [-0.1, -0.05) is 35.9 Å². The second-order valence-electron chi connectivity index (χ2n) is 14.1. The van der Waals surface area contributed by atoms with Crippen LogP contribution in [0.4, 0.5) is 13.2 Å². The van der Waals surface area contributed by atoms with Gasteiger partial charge < -0.3 is 30.3 Å². The molecule has 0 spiro atoms. The number of ether oxygens (including phenoxy) is 2. The van der Waals surface area contributed by atoms with Gasteiger partial charge in [-0.15, -0.1) is 0 Å². The van der Waals surface area contributed by atoms with Crippen molar-refractivity contribution in [1.29, 1.82) is 0 Å². The number of benzene rings is 3. The maximum absolute atomic E-state index is 14.7. The van der Waals surface area contributed by atoms with Crippen LogP contribution in [0.1, 0.15) is 66.3 Å². The minimum Gasteiger partial charge on any atom is -0.490 e. The lowest BCUT2D eigenvalue weighted by Crippen LogP contribution is -2.62. The van der Waals surface area contributed by atoms with E-state index in [9.17, 15) is 27.6 Å². The molecule has 2 heterocycles. The van der Waals surface area contributed by atoms with E-state index in [0.717, 1.165) is 47.2 Å². The normalized spacial score (nSPS) is 18.5. The average molecular weight is 753 g/mol. The van der Waals surface area contributed by atoms with Crippen LogP contribution in [0.3, 0.4) is 0 Å². The number of piperazine rings is 1. The second kappa shape index (κ2) is 16.2. The van der Waals surface area contributed by atoms with Crippen molar-refractivity contribution >= 4 is 34.9 Å². The van der Waals surface area contributed by atoms with Crippen molar-refractivity contribution in [2.24, 2.45) is 5.73 Å². The fraction of sp³-hybridized carbons (Fsp3) is 0.425. The Bertz CT molecular complexity index is 1880. The van der Waals surface area contributed by atoms with E-state index in [1.807, 2.05) is 50.2 Å². The van der Waals surface area contributed by atoms with Crippen LogP contribution < -0.4 is 20.5 Å². The first-order chi connectivity index (χ1) is 25.3. The summed E-state index contributed by atoms with van der Waals surface area (Å²) in [6, 6.07) is 15.6. The molecule has 9 nitrogen and oxygen atoms in total. The first-order valence-corrected chi connectivity index (χ1v) is 18.3. The van der Waals surface area contributed by atoms with E-state index in [2.05, 4.69) is 5.32 Å². The van der Waals surface area contributed by atoms with E-state index in [0.29, 0.717) is 47.0 Å². The number of hydrogen-bond donors (Lipinski definition) is 2. The SMILES string of the molecule is Cc1cc(Cl)c(OCCOc2ccc(C3=C(C(=O)N(Cc4cccc(C(F)(F)F)c4)C4CC4)C4CN(C(=O)CCCC(N)=O)CC(C3)N4)cc2)cc1C. The van der Waals surface area contributed by atoms with Gasteiger partial charge >= 0.3 is 6.18 Å². The predicted molar refractivity (Wildman–Crippen MR) is 195 cm³/mol. The number of carbonyl (C=O) groups excluding carboxylic acids is 3. The highest BCUT2D eigenvalue weighted by Crippen LogP contribution is 2.38. The zero-order chi connectivity index (χ0) is 37.9. The van der Waals surface area contributed by atoms with Crippen LogP contribution in [0.2, 0.25) is 5.02 Å². The number of fused-ring (bicyclic) bond motifs is 2. The van der Waals surface area contributed by atoms with Crippen LogP contribution in [0.15, 0.2) is 66.2 Å². The highest BCUT2D eigenvalue weighted by atomic mass is 35.5. The molecule has 13 heteroatoms. The van der Waals surface area contributed by atoms with Crippen molar-refractivity contribution in [2.45, 2.75) is 83.2 Å². The number of nitrogens with one attached hydrogen (secondary N) is 1. The van der Waals surface area contributed by atoms with Gasteiger partial charge in [-0.25, -0.2) is 0 Å².